The van der Waals surface area contributed by atoms with E-state index in [1.807, 2.05) is 0 Å². The predicted octanol–water partition coefficient (Wildman–Crippen LogP) is 0.469. The number of phenols is 1. The van der Waals surface area contributed by atoms with E-state index in [0.717, 1.165) is 0 Å². The number of hydrogen-bond donors (Lipinski definition) is 2. The fourth-order valence-corrected chi connectivity index (χ4v) is 3.86. The molecule has 1 aliphatic rings. The third kappa shape index (κ3) is 4.16. The van der Waals surface area contributed by atoms with Gasteiger partial charge in [0.25, 0.3) is 0 Å². The number of benzene rings is 1. The van der Waals surface area contributed by atoms with Gasteiger partial charge in [-0.25, -0.2) is 8.42 Å². The van der Waals surface area contributed by atoms with Gasteiger partial charge in [0.05, 0.1) is 10.5 Å². The highest BCUT2D eigenvalue weighted by atomic mass is 32.2. The van der Waals surface area contributed by atoms with E-state index < -0.39 is 15.6 Å². The van der Waals surface area contributed by atoms with Gasteiger partial charge in [0, 0.05) is 32.7 Å². The quantitative estimate of drug-likeness (QED) is 0.844. The van der Waals surface area contributed by atoms with E-state index in [9.17, 15) is 18.6 Å². The molecule has 0 spiro atoms. The van der Waals surface area contributed by atoms with Crippen LogP contribution >= 0.6 is 0 Å². The fraction of sp³-hybridized carbons (Fsp3) is 0.571. The first-order chi connectivity index (χ1) is 9.68. The summed E-state index contributed by atoms with van der Waals surface area (Å²) in [4.78, 5) is 2.25. The van der Waals surface area contributed by atoms with Gasteiger partial charge in [-0.1, -0.05) is 0 Å². The van der Waals surface area contributed by atoms with Crippen LogP contribution in [0.1, 0.15) is 13.8 Å². The second-order valence-electron chi connectivity index (χ2n) is 5.99. The molecule has 0 saturated carbocycles. The Morgan fingerprint density at radius 3 is 2.10 bits per heavy atom. The molecule has 0 atom stereocenters. The number of piperazine rings is 1. The van der Waals surface area contributed by atoms with Crippen LogP contribution in [0.5, 0.6) is 5.75 Å². The van der Waals surface area contributed by atoms with Crippen molar-refractivity contribution >= 4 is 10.0 Å². The minimum Gasteiger partial charge on any atom is -0.508 e. The molecule has 0 bridgehead atoms. The largest absolute Gasteiger partial charge is 0.508 e. The number of rotatable bonds is 4. The normalized spacial score (nSPS) is 18.8. The van der Waals surface area contributed by atoms with Crippen molar-refractivity contribution in [3.63, 3.8) is 0 Å². The molecule has 0 unspecified atom stereocenters. The molecule has 0 amide bonds. The van der Waals surface area contributed by atoms with Crippen LogP contribution in [0.2, 0.25) is 0 Å². The first-order valence-corrected chi connectivity index (χ1v) is 8.36. The summed E-state index contributed by atoms with van der Waals surface area (Å²) in [7, 11) is -3.51. The minimum absolute atomic E-state index is 0.0453. The lowest BCUT2D eigenvalue weighted by Gasteiger charge is -2.36. The Kier molecular flexibility index (Phi) is 4.57. The van der Waals surface area contributed by atoms with Crippen molar-refractivity contribution in [1.82, 2.24) is 9.21 Å². The SMILES string of the molecule is CC(C)(O)CN1CCN(S(=O)(=O)c2ccc(O)cc2)CC1. The second-order valence-corrected chi connectivity index (χ2v) is 7.92. The van der Waals surface area contributed by atoms with E-state index in [-0.39, 0.29) is 10.6 Å². The van der Waals surface area contributed by atoms with E-state index in [4.69, 9.17) is 0 Å². The van der Waals surface area contributed by atoms with Crippen LogP contribution in [0.4, 0.5) is 0 Å². The van der Waals surface area contributed by atoms with Crippen molar-refractivity contribution in [3.05, 3.63) is 24.3 Å². The summed E-state index contributed by atoms with van der Waals surface area (Å²) in [6.07, 6.45) is 0. The molecule has 0 aliphatic carbocycles. The molecule has 7 heteroatoms. The molecule has 21 heavy (non-hydrogen) atoms. The van der Waals surface area contributed by atoms with Crippen LogP contribution in [0.3, 0.4) is 0 Å². The maximum Gasteiger partial charge on any atom is 0.243 e. The van der Waals surface area contributed by atoms with Gasteiger partial charge < -0.3 is 10.2 Å². The molecule has 1 aromatic carbocycles. The van der Waals surface area contributed by atoms with Crippen molar-refractivity contribution in [1.29, 1.82) is 0 Å². The zero-order valence-electron chi connectivity index (χ0n) is 12.4. The molecule has 1 heterocycles. The highest BCUT2D eigenvalue weighted by Crippen LogP contribution is 2.20. The number of nitrogens with zero attached hydrogens (tertiary/aromatic N) is 2. The molecule has 118 valence electrons. The molecular weight excluding hydrogens is 292 g/mol. The molecule has 2 N–H and O–H groups in total. The summed E-state index contributed by atoms with van der Waals surface area (Å²) >= 11 is 0. The predicted molar refractivity (Wildman–Crippen MR) is 79.6 cm³/mol. The van der Waals surface area contributed by atoms with Crippen molar-refractivity contribution in [2.24, 2.45) is 0 Å². The summed E-state index contributed by atoms with van der Waals surface area (Å²) < 4.78 is 26.4. The Bertz CT molecular complexity index is 570. The van der Waals surface area contributed by atoms with Gasteiger partial charge in [-0.2, -0.15) is 4.31 Å². The Balaban J connectivity index is 2.03. The highest BCUT2D eigenvalue weighted by Gasteiger charge is 2.30. The lowest BCUT2D eigenvalue weighted by molar-refractivity contribution is 0.0263. The zero-order valence-corrected chi connectivity index (χ0v) is 13.2. The lowest BCUT2D eigenvalue weighted by atomic mass is 10.1. The number of sulfonamides is 1. The van der Waals surface area contributed by atoms with Gasteiger partial charge >= 0.3 is 0 Å². The first-order valence-electron chi connectivity index (χ1n) is 6.92. The van der Waals surface area contributed by atoms with Crippen LogP contribution in [-0.4, -0.2) is 66.2 Å². The van der Waals surface area contributed by atoms with Crippen molar-refractivity contribution in [2.45, 2.75) is 24.3 Å². The Hall–Kier alpha value is -1.15. The molecule has 6 nitrogen and oxygen atoms in total. The molecule has 1 saturated heterocycles. The second kappa shape index (κ2) is 5.92. The summed E-state index contributed by atoms with van der Waals surface area (Å²) in [5.74, 6) is 0.0453. The maximum absolute atomic E-state index is 12.5. The summed E-state index contributed by atoms with van der Waals surface area (Å²) in [5.41, 5.74) is -0.780. The van der Waals surface area contributed by atoms with Crippen molar-refractivity contribution in [2.75, 3.05) is 32.7 Å². The van der Waals surface area contributed by atoms with Crippen LogP contribution in [0.25, 0.3) is 0 Å². The summed E-state index contributed by atoms with van der Waals surface area (Å²) in [6.45, 7) is 6.01. The van der Waals surface area contributed by atoms with Crippen molar-refractivity contribution < 1.29 is 18.6 Å². The number of phenolic OH excluding ortho intramolecular Hbond substituents is 1. The van der Waals surface area contributed by atoms with Crippen LogP contribution < -0.4 is 0 Å². The van der Waals surface area contributed by atoms with Crippen molar-refractivity contribution in [3.8, 4) is 5.75 Å². The van der Waals surface area contributed by atoms with Gasteiger partial charge in [0.1, 0.15) is 5.75 Å². The first kappa shape index (κ1) is 16.2. The van der Waals surface area contributed by atoms with E-state index in [1.165, 1.54) is 28.6 Å². The van der Waals surface area contributed by atoms with E-state index >= 15 is 0 Å². The average molecular weight is 314 g/mol. The van der Waals surface area contributed by atoms with E-state index in [0.29, 0.717) is 32.7 Å². The molecule has 0 radical (unpaired) electrons. The smallest absolute Gasteiger partial charge is 0.243 e. The Labute approximate surface area is 125 Å². The van der Waals surface area contributed by atoms with E-state index in [1.54, 1.807) is 13.8 Å². The standard InChI is InChI=1S/C14H22N2O4S/c1-14(2,18)11-15-7-9-16(10-8-15)21(19,20)13-5-3-12(17)4-6-13/h3-6,17-18H,7-11H2,1-2H3. The third-order valence-electron chi connectivity index (χ3n) is 3.42. The third-order valence-corrected chi connectivity index (χ3v) is 5.33. The van der Waals surface area contributed by atoms with Crippen LogP contribution in [0.15, 0.2) is 29.2 Å². The number of β-amino-alcohol motifs (C(OH)–C–C–N with tert-alkyl or cyclic N) is 1. The fourth-order valence-electron chi connectivity index (χ4n) is 2.44. The maximum atomic E-state index is 12.5. The lowest BCUT2D eigenvalue weighted by Crippen LogP contribution is -2.51. The number of hydrogen-bond acceptors (Lipinski definition) is 5. The van der Waals surface area contributed by atoms with Crippen LogP contribution in [-0.2, 0) is 10.0 Å². The zero-order chi connectivity index (χ0) is 15.7. The number of aliphatic hydroxyl groups is 1. The molecular formula is C14H22N2O4S. The average Bonchev–Trinajstić information content (AvgIpc) is 2.38. The van der Waals surface area contributed by atoms with Gasteiger partial charge in [0.2, 0.25) is 10.0 Å². The Morgan fingerprint density at radius 1 is 1.10 bits per heavy atom. The monoisotopic (exact) mass is 314 g/mol. The van der Waals surface area contributed by atoms with E-state index in [2.05, 4.69) is 4.90 Å². The van der Waals surface area contributed by atoms with Crippen LogP contribution in [0, 0.1) is 0 Å². The molecule has 1 aromatic rings. The molecule has 2 rings (SSSR count). The molecule has 1 fully saturated rings. The minimum atomic E-state index is -3.51. The Morgan fingerprint density at radius 2 is 1.62 bits per heavy atom. The summed E-state index contributed by atoms with van der Waals surface area (Å²) in [5, 5.41) is 19.0. The molecule has 1 aliphatic heterocycles. The van der Waals surface area contributed by atoms with Gasteiger partial charge in [-0.15, -0.1) is 0 Å². The number of aromatic hydroxyl groups is 1. The summed E-state index contributed by atoms with van der Waals surface area (Å²) in [6, 6.07) is 5.57. The van der Waals surface area contributed by atoms with Gasteiger partial charge in [-0.05, 0) is 38.1 Å². The van der Waals surface area contributed by atoms with Gasteiger partial charge in [-0.3, -0.25) is 4.90 Å². The van der Waals surface area contributed by atoms with Gasteiger partial charge in [0.15, 0.2) is 0 Å². The topological polar surface area (TPSA) is 81.1 Å². The highest BCUT2D eigenvalue weighted by molar-refractivity contribution is 7.89. The molecule has 0 aromatic heterocycles.